The summed E-state index contributed by atoms with van der Waals surface area (Å²) in [6.07, 6.45) is 8.40. The van der Waals surface area contributed by atoms with E-state index >= 15 is 0 Å². The molecule has 3 rings (SSSR count). The van der Waals surface area contributed by atoms with Crippen molar-refractivity contribution in [1.82, 2.24) is 10.2 Å². The number of carbonyl (C=O) groups excluding carboxylic acids is 2. The molecule has 4 nitrogen and oxygen atoms in total. The Morgan fingerprint density at radius 1 is 1.05 bits per heavy atom. The maximum Gasteiger partial charge on any atom is 0.247 e. The van der Waals surface area contributed by atoms with Crippen molar-refractivity contribution in [1.29, 1.82) is 0 Å². The minimum absolute atomic E-state index is 0.0390. The molecule has 1 N–H and O–H groups in total. The predicted molar refractivity (Wildman–Crippen MR) is 85.2 cm³/mol. The number of hydrogen-bond acceptors (Lipinski definition) is 4. The molecule has 3 aliphatic rings. The molecule has 0 aromatic heterocycles. The van der Waals surface area contributed by atoms with Crippen LogP contribution >= 0.6 is 11.8 Å². The Labute approximate surface area is 131 Å². The Morgan fingerprint density at radius 3 is 2.48 bits per heavy atom. The van der Waals surface area contributed by atoms with E-state index in [0.29, 0.717) is 12.3 Å². The second-order valence-corrected chi connectivity index (χ2v) is 7.84. The van der Waals surface area contributed by atoms with Crippen LogP contribution in [0.5, 0.6) is 0 Å². The number of hydrogen-bond donors (Lipinski definition) is 1. The second-order valence-electron chi connectivity index (χ2n) is 6.61. The first-order valence-electron chi connectivity index (χ1n) is 8.42. The van der Waals surface area contributed by atoms with Gasteiger partial charge in [0.15, 0.2) is 0 Å². The summed E-state index contributed by atoms with van der Waals surface area (Å²) < 4.78 is 0. The fourth-order valence-electron chi connectivity index (χ4n) is 3.79. The van der Waals surface area contributed by atoms with Gasteiger partial charge in [0.1, 0.15) is 0 Å². The van der Waals surface area contributed by atoms with Crippen LogP contribution in [0.4, 0.5) is 0 Å². The van der Waals surface area contributed by atoms with Crippen molar-refractivity contribution in [2.24, 2.45) is 5.92 Å². The zero-order chi connectivity index (χ0) is 14.7. The maximum absolute atomic E-state index is 12.5. The fraction of sp³-hybridized carbons (Fsp3) is 0.875. The minimum atomic E-state index is -0.256. The quantitative estimate of drug-likeness (QED) is 0.809. The highest BCUT2D eigenvalue weighted by atomic mass is 32.2. The molecule has 0 aromatic carbocycles. The van der Waals surface area contributed by atoms with Crippen LogP contribution in [0.25, 0.3) is 0 Å². The summed E-state index contributed by atoms with van der Waals surface area (Å²) in [5.74, 6) is 3.23. The van der Waals surface area contributed by atoms with Gasteiger partial charge in [-0.3, -0.25) is 14.5 Å². The van der Waals surface area contributed by atoms with E-state index in [1.54, 1.807) is 4.90 Å². The van der Waals surface area contributed by atoms with Gasteiger partial charge >= 0.3 is 0 Å². The van der Waals surface area contributed by atoms with Gasteiger partial charge in [0.25, 0.3) is 0 Å². The van der Waals surface area contributed by atoms with Gasteiger partial charge in [-0.2, -0.15) is 11.8 Å². The van der Waals surface area contributed by atoms with Crippen molar-refractivity contribution >= 4 is 23.6 Å². The van der Waals surface area contributed by atoms with Crippen LogP contribution in [-0.4, -0.2) is 46.8 Å². The van der Waals surface area contributed by atoms with Crippen molar-refractivity contribution in [3.63, 3.8) is 0 Å². The van der Waals surface area contributed by atoms with Crippen LogP contribution in [-0.2, 0) is 9.59 Å². The smallest absolute Gasteiger partial charge is 0.247 e. The molecule has 1 unspecified atom stereocenters. The molecule has 2 heterocycles. The van der Waals surface area contributed by atoms with Crippen LogP contribution in [0.3, 0.4) is 0 Å². The molecule has 2 saturated heterocycles. The minimum Gasteiger partial charge on any atom is -0.305 e. The van der Waals surface area contributed by atoms with Gasteiger partial charge in [-0.15, -0.1) is 0 Å². The zero-order valence-corrected chi connectivity index (χ0v) is 13.5. The van der Waals surface area contributed by atoms with E-state index in [4.69, 9.17) is 0 Å². The van der Waals surface area contributed by atoms with Gasteiger partial charge in [0, 0.05) is 6.04 Å². The van der Waals surface area contributed by atoms with E-state index < -0.39 is 0 Å². The zero-order valence-electron chi connectivity index (χ0n) is 12.7. The van der Waals surface area contributed by atoms with Crippen LogP contribution in [0.15, 0.2) is 0 Å². The average molecular weight is 310 g/mol. The van der Waals surface area contributed by atoms with E-state index in [2.05, 4.69) is 5.32 Å². The topological polar surface area (TPSA) is 49.4 Å². The normalized spacial score (nSPS) is 29.3. The van der Waals surface area contributed by atoms with Crippen LogP contribution in [0, 0.1) is 5.92 Å². The highest BCUT2D eigenvalue weighted by molar-refractivity contribution is 7.99. The number of thioether (sulfide) groups is 1. The van der Waals surface area contributed by atoms with Crippen molar-refractivity contribution in [2.75, 3.05) is 18.1 Å². The van der Waals surface area contributed by atoms with Gasteiger partial charge < -0.3 is 5.32 Å². The van der Waals surface area contributed by atoms with Crippen LogP contribution in [0.1, 0.15) is 51.4 Å². The van der Waals surface area contributed by atoms with E-state index in [0.717, 1.165) is 32.2 Å². The van der Waals surface area contributed by atoms with E-state index in [-0.39, 0.29) is 23.9 Å². The largest absolute Gasteiger partial charge is 0.305 e. The molecule has 1 atom stereocenters. The van der Waals surface area contributed by atoms with Crippen molar-refractivity contribution in [2.45, 2.75) is 63.5 Å². The van der Waals surface area contributed by atoms with Gasteiger partial charge in [-0.05, 0) is 49.7 Å². The number of nitrogens with one attached hydrogen (secondary N) is 1. The molecule has 0 spiro atoms. The lowest BCUT2D eigenvalue weighted by atomic mass is 9.94. The fourth-order valence-corrected chi connectivity index (χ4v) is 5.00. The lowest BCUT2D eigenvalue weighted by Gasteiger charge is -2.30. The van der Waals surface area contributed by atoms with E-state index in [1.165, 1.54) is 30.8 Å². The summed E-state index contributed by atoms with van der Waals surface area (Å²) in [6.45, 7) is 0.892. The summed E-state index contributed by atoms with van der Waals surface area (Å²) in [4.78, 5) is 26.3. The van der Waals surface area contributed by atoms with E-state index in [1.807, 2.05) is 11.8 Å². The van der Waals surface area contributed by atoms with E-state index in [9.17, 15) is 9.59 Å². The molecule has 5 heteroatoms. The molecule has 3 fully saturated rings. The summed E-state index contributed by atoms with van der Waals surface area (Å²) >= 11 is 2.02. The number of rotatable bonds is 4. The summed E-state index contributed by atoms with van der Waals surface area (Å²) in [5, 5.41) is 3.38. The third-order valence-corrected chi connectivity index (χ3v) is 6.17. The Hall–Kier alpha value is -0.550. The third kappa shape index (κ3) is 3.62. The third-order valence-electron chi connectivity index (χ3n) is 5.12. The summed E-state index contributed by atoms with van der Waals surface area (Å²) in [6, 6.07) is -0.0781. The van der Waals surface area contributed by atoms with Crippen molar-refractivity contribution in [3.05, 3.63) is 0 Å². The molecule has 0 bridgehead atoms. The molecular weight excluding hydrogens is 284 g/mol. The molecule has 2 amide bonds. The number of nitrogens with zero attached hydrogens (tertiary/aromatic N) is 1. The Balaban J connectivity index is 1.52. The summed E-state index contributed by atoms with van der Waals surface area (Å²) in [7, 11) is 0. The lowest BCUT2D eigenvalue weighted by Crippen LogP contribution is -2.45. The molecule has 0 aromatic rings. The molecule has 2 aliphatic heterocycles. The highest BCUT2D eigenvalue weighted by Crippen LogP contribution is 2.28. The molecule has 1 aliphatic carbocycles. The predicted octanol–water partition coefficient (Wildman–Crippen LogP) is 2.18. The molecule has 0 radical (unpaired) electrons. The maximum atomic E-state index is 12.5. The summed E-state index contributed by atoms with van der Waals surface area (Å²) in [5.41, 5.74) is 0. The number of likely N-dealkylation sites (tertiary alicyclic amines) is 1. The van der Waals surface area contributed by atoms with Crippen LogP contribution in [0.2, 0.25) is 0 Å². The van der Waals surface area contributed by atoms with Crippen LogP contribution < -0.4 is 5.32 Å². The lowest BCUT2D eigenvalue weighted by molar-refractivity contribution is -0.142. The highest BCUT2D eigenvalue weighted by Gasteiger charge is 2.42. The van der Waals surface area contributed by atoms with Gasteiger partial charge in [0.2, 0.25) is 11.8 Å². The Kier molecular flexibility index (Phi) is 5.22. The van der Waals surface area contributed by atoms with Gasteiger partial charge in [-0.25, -0.2) is 0 Å². The first kappa shape index (κ1) is 15.3. The first-order valence-corrected chi connectivity index (χ1v) is 9.58. The SMILES string of the molecule is O=C1CC(NCC2CCSCC2)C(=O)N1C1CCCCC1. The number of amides is 2. The standard InChI is InChI=1S/C16H26N2O2S/c19-15-10-14(17-11-12-6-8-21-9-7-12)16(20)18(15)13-4-2-1-3-5-13/h12-14,17H,1-11H2. The molecule has 21 heavy (non-hydrogen) atoms. The average Bonchev–Trinajstić information content (AvgIpc) is 2.81. The number of imide groups is 1. The van der Waals surface area contributed by atoms with Crippen molar-refractivity contribution in [3.8, 4) is 0 Å². The van der Waals surface area contributed by atoms with Gasteiger partial charge in [0.05, 0.1) is 12.5 Å². The Morgan fingerprint density at radius 2 is 1.76 bits per heavy atom. The molecule has 118 valence electrons. The molecular formula is C16H26N2O2S. The number of carbonyl (C=O) groups is 2. The Bertz CT molecular complexity index is 390. The molecule has 1 saturated carbocycles. The van der Waals surface area contributed by atoms with Gasteiger partial charge in [-0.1, -0.05) is 19.3 Å². The second kappa shape index (κ2) is 7.14. The monoisotopic (exact) mass is 310 g/mol. The van der Waals surface area contributed by atoms with Crippen molar-refractivity contribution < 1.29 is 9.59 Å². The first-order chi connectivity index (χ1) is 10.3.